The molecule has 0 fully saturated rings. The first-order valence-electron chi connectivity index (χ1n) is 17.6. The Kier molecular flexibility index (Phi) is 7.72. The van der Waals surface area contributed by atoms with Crippen molar-refractivity contribution in [2.24, 2.45) is 0 Å². The first kappa shape index (κ1) is 31.3. The van der Waals surface area contributed by atoms with Crippen LogP contribution in [0, 0.1) is 0 Å². The standard InChI is InChI=1S/C47H38N2SSi/c1-51(2,3)41-31-29-39(30-32-41)48(37-23-17-34(18-24-37)33-11-5-4-6-12-33)38-25-19-35(20-26-38)36-21-27-40(28-22-36)49-44-15-9-7-13-42(44)47-46(49)43-14-8-10-16-45(43)50-47/h4-32H,1-3H3. The summed E-state index contributed by atoms with van der Waals surface area (Å²) in [4.78, 5) is 2.36. The molecule has 2 aromatic heterocycles. The zero-order valence-corrected chi connectivity index (χ0v) is 30.9. The molecule has 0 atom stereocenters. The molecule has 0 saturated carbocycles. The van der Waals surface area contributed by atoms with Crippen molar-refractivity contribution in [3.05, 3.63) is 176 Å². The van der Waals surface area contributed by atoms with Gasteiger partial charge in [0.1, 0.15) is 0 Å². The van der Waals surface area contributed by atoms with Crippen LogP contribution in [0.15, 0.2) is 176 Å². The number of para-hydroxylation sites is 1. The van der Waals surface area contributed by atoms with Gasteiger partial charge in [-0.15, -0.1) is 11.3 Å². The number of thiophene rings is 1. The molecule has 7 aromatic carbocycles. The van der Waals surface area contributed by atoms with Crippen LogP contribution in [0.4, 0.5) is 17.1 Å². The molecule has 0 radical (unpaired) electrons. The van der Waals surface area contributed by atoms with Crippen LogP contribution in [-0.4, -0.2) is 12.6 Å². The lowest BCUT2D eigenvalue weighted by atomic mass is 10.0. The smallest absolute Gasteiger partial charge is 0.0775 e. The lowest BCUT2D eigenvalue weighted by Gasteiger charge is -2.27. The molecule has 2 nitrogen and oxygen atoms in total. The molecule has 2 heterocycles. The predicted octanol–water partition coefficient (Wildman–Crippen LogP) is 13.3. The lowest BCUT2D eigenvalue weighted by Crippen LogP contribution is -2.37. The van der Waals surface area contributed by atoms with E-state index in [1.54, 1.807) is 0 Å². The topological polar surface area (TPSA) is 8.17 Å². The Morgan fingerprint density at radius 2 is 0.922 bits per heavy atom. The fraction of sp³-hybridized carbons (Fsp3) is 0.0638. The van der Waals surface area contributed by atoms with Crippen LogP contribution >= 0.6 is 11.3 Å². The maximum atomic E-state index is 2.44. The SMILES string of the molecule is C[Si](C)(C)c1ccc(N(c2ccc(-c3ccccc3)cc2)c2ccc(-c3ccc(-n4c5ccccc5c5sc6ccccc6c54)cc3)cc2)cc1. The third-order valence-corrected chi connectivity index (χ3v) is 13.2. The molecule has 9 aromatic rings. The van der Waals surface area contributed by atoms with Crippen molar-refractivity contribution in [2.45, 2.75) is 19.6 Å². The highest BCUT2D eigenvalue weighted by atomic mass is 32.1. The fourth-order valence-electron chi connectivity index (χ4n) is 7.28. The van der Waals surface area contributed by atoms with Gasteiger partial charge in [0.05, 0.1) is 23.8 Å². The third-order valence-electron chi connectivity index (χ3n) is 9.99. The van der Waals surface area contributed by atoms with E-state index in [0.29, 0.717) is 0 Å². The number of fused-ring (bicyclic) bond motifs is 5. The Labute approximate surface area is 304 Å². The van der Waals surface area contributed by atoms with Crippen LogP contribution in [0.5, 0.6) is 0 Å². The molecule has 0 aliphatic carbocycles. The lowest BCUT2D eigenvalue weighted by molar-refractivity contribution is 1.19. The normalized spacial score (nSPS) is 11.8. The van der Waals surface area contributed by atoms with Gasteiger partial charge < -0.3 is 9.47 Å². The molecule has 0 saturated heterocycles. The summed E-state index contributed by atoms with van der Waals surface area (Å²) in [6, 6.07) is 64.3. The molecular formula is C47H38N2SSi. The third kappa shape index (κ3) is 5.67. The quantitative estimate of drug-likeness (QED) is 0.151. The van der Waals surface area contributed by atoms with Gasteiger partial charge in [-0.3, -0.25) is 0 Å². The Morgan fingerprint density at radius 1 is 0.451 bits per heavy atom. The van der Waals surface area contributed by atoms with E-state index in [2.05, 4.69) is 205 Å². The molecular weight excluding hydrogens is 653 g/mol. The van der Waals surface area contributed by atoms with Gasteiger partial charge in [-0.05, 0) is 82.9 Å². The second-order valence-corrected chi connectivity index (χ2v) is 20.4. The average Bonchev–Trinajstić information content (AvgIpc) is 3.71. The minimum Gasteiger partial charge on any atom is -0.311 e. The monoisotopic (exact) mass is 690 g/mol. The van der Waals surface area contributed by atoms with Crippen molar-refractivity contribution < 1.29 is 0 Å². The Balaban J connectivity index is 1.07. The van der Waals surface area contributed by atoms with Crippen LogP contribution in [0.2, 0.25) is 19.6 Å². The van der Waals surface area contributed by atoms with Gasteiger partial charge in [0.2, 0.25) is 0 Å². The Morgan fingerprint density at radius 3 is 1.51 bits per heavy atom. The zero-order valence-electron chi connectivity index (χ0n) is 29.0. The molecule has 0 bridgehead atoms. The maximum Gasteiger partial charge on any atom is 0.0775 e. The van der Waals surface area contributed by atoms with Gasteiger partial charge in [-0.25, -0.2) is 0 Å². The molecule has 51 heavy (non-hydrogen) atoms. The van der Waals surface area contributed by atoms with E-state index in [9.17, 15) is 0 Å². The molecule has 0 aliphatic heterocycles. The van der Waals surface area contributed by atoms with E-state index < -0.39 is 8.07 Å². The summed E-state index contributed by atoms with van der Waals surface area (Å²) in [5.74, 6) is 0. The number of hydrogen-bond donors (Lipinski definition) is 0. The summed E-state index contributed by atoms with van der Waals surface area (Å²) < 4.78 is 5.11. The summed E-state index contributed by atoms with van der Waals surface area (Å²) in [7, 11) is -1.42. The minimum absolute atomic E-state index is 1.13. The van der Waals surface area contributed by atoms with Gasteiger partial charge >= 0.3 is 0 Å². The van der Waals surface area contributed by atoms with E-state index in [1.807, 2.05) is 11.3 Å². The summed E-state index contributed by atoms with van der Waals surface area (Å²) in [6.07, 6.45) is 0. The first-order chi connectivity index (χ1) is 24.9. The van der Waals surface area contributed by atoms with Crippen LogP contribution in [0.1, 0.15) is 0 Å². The summed E-state index contributed by atoms with van der Waals surface area (Å²) in [5.41, 5.74) is 12.0. The fourth-order valence-corrected chi connectivity index (χ4v) is 9.67. The highest BCUT2D eigenvalue weighted by Gasteiger charge is 2.19. The van der Waals surface area contributed by atoms with Gasteiger partial charge in [0.15, 0.2) is 0 Å². The van der Waals surface area contributed by atoms with E-state index in [0.717, 1.165) is 17.1 Å². The summed E-state index contributed by atoms with van der Waals surface area (Å²) in [5, 5.41) is 4.08. The first-order valence-corrected chi connectivity index (χ1v) is 21.9. The molecule has 0 N–H and O–H groups in total. The van der Waals surface area contributed by atoms with E-state index in [1.165, 1.54) is 64.3 Å². The second kappa shape index (κ2) is 12.6. The minimum atomic E-state index is -1.42. The summed E-state index contributed by atoms with van der Waals surface area (Å²) in [6.45, 7) is 7.20. The van der Waals surface area contributed by atoms with E-state index in [-0.39, 0.29) is 0 Å². The van der Waals surface area contributed by atoms with Crippen molar-refractivity contribution in [2.75, 3.05) is 4.90 Å². The molecule has 0 aliphatic rings. The van der Waals surface area contributed by atoms with Crippen molar-refractivity contribution >= 4 is 72.9 Å². The average molecular weight is 691 g/mol. The molecule has 4 heteroatoms. The highest BCUT2D eigenvalue weighted by molar-refractivity contribution is 7.26. The van der Waals surface area contributed by atoms with Crippen LogP contribution in [-0.2, 0) is 0 Å². The van der Waals surface area contributed by atoms with Gasteiger partial charge in [0, 0.05) is 38.2 Å². The van der Waals surface area contributed by atoms with Crippen LogP contribution in [0.3, 0.4) is 0 Å². The van der Waals surface area contributed by atoms with Crippen molar-refractivity contribution in [3.63, 3.8) is 0 Å². The largest absolute Gasteiger partial charge is 0.311 e. The maximum absolute atomic E-state index is 2.44. The number of aromatic nitrogens is 1. The molecule has 246 valence electrons. The van der Waals surface area contributed by atoms with Gasteiger partial charge in [0.25, 0.3) is 0 Å². The van der Waals surface area contributed by atoms with Gasteiger partial charge in [-0.2, -0.15) is 0 Å². The number of anilines is 3. The van der Waals surface area contributed by atoms with E-state index in [4.69, 9.17) is 0 Å². The van der Waals surface area contributed by atoms with Crippen LogP contribution < -0.4 is 10.1 Å². The van der Waals surface area contributed by atoms with Crippen molar-refractivity contribution in [3.8, 4) is 27.9 Å². The molecule has 9 rings (SSSR count). The molecule has 0 unspecified atom stereocenters. The highest BCUT2D eigenvalue weighted by Crippen LogP contribution is 2.42. The van der Waals surface area contributed by atoms with Crippen molar-refractivity contribution in [1.82, 2.24) is 4.57 Å². The van der Waals surface area contributed by atoms with E-state index >= 15 is 0 Å². The molecule has 0 spiro atoms. The summed E-state index contributed by atoms with van der Waals surface area (Å²) >= 11 is 1.88. The number of rotatable bonds is 7. The van der Waals surface area contributed by atoms with Crippen LogP contribution in [0.25, 0.3) is 59.1 Å². The Bertz CT molecular complexity index is 2620. The van der Waals surface area contributed by atoms with Crippen molar-refractivity contribution in [1.29, 1.82) is 0 Å². The van der Waals surface area contributed by atoms with Gasteiger partial charge in [-0.1, -0.05) is 140 Å². The molecule has 0 amide bonds. The zero-order chi connectivity index (χ0) is 34.5. The predicted molar refractivity (Wildman–Crippen MR) is 225 cm³/mol. The second-order valence-electron chi connectivity index (χ2n) is 14.3. The number of nitrogens with zero attached hydrogens (tertiary/aromatic N) is 2. The Hall–Kier alpha value is -5.68. The number of hydrogen-bond acceptors (Lipinski definition) is 2. The number of benzene rings is 7.